The number of aryl methyl sites for hydroxylation is 1. The fraction of sp³-hybridized carbons (Fsp3) is 0.154. The molecule has 1 aromatic carbocycles. The van der Waals surface area contributed by atoms with Gasteiger partial charge in [-0.25, -0.2) is 4.98 Å². The van der Waals surface area contributed by atoms with Crippen molar-refractivity contribution in [3.8, 4) is 0 Å². The molecule has 0 amide bonds. The molecule has 2 nitrogen and oxygen atoms in total. The van der Waals surface area contributed by atoms with E-state index in [0.717, 1.165) is 17.3 Å². The van der Waals surface area contributed by atoms with Gasteiger partial charge in [0.05, 0.1) is 12.0 Å². The zero-order chi connectivity index (χ0) is 11.0. The molecular formula is C13H11BrN2. The van der Waals surface area contributed by atoms with Crippen molar-refractivity contribution in [3.05, 3.63) is 58.6 Å². The van der Waals surface area contributed by atoms with Crippen molar-refractivity contribution in [1.29, 1.82) is 0 Å². The summed E-state index contributed by atoms with van der Waals surface area (Å²) in [5, 5.41) is 0. The normalized spacial score (nSPS) is 14.4. The number of fused-ring (bicyclic) bond motifs is 1. The second-order valence-corrected chi connectivity index (χ2v) is 4.81. The Kier molecular flexibility index (Phi) is 2.40. The highest BCUT2D eigenvalue weighted by molar-refractivity contribution is 9.10. The molecule has 1 aromatic heterocycles. The lowest BCUT2D eigenvalue weighted by Gasteiger charge is -2.17. The van der Waals surface area contributed by atoms with Crippen molar-refractivity contribution in [2.45, 2.75) is 12.8 Å². The van der Waals surface area contributed by atoms with Gasteiger partial charge in [0.2, 0.25) is 0 Å². The lowest BCUT2D eigenvalue weighted by molar-refractivity contribution is 0.856. The van der Waals surface area contributed by atoms with Crippen LogP contribution in [0.4, 0.5) is 0 Å². The maximum Gasteiger partial charge on any atom is 0.0994 e. The van der Waals surface area contributed by atoms with E-state index >= 15 is 0 Å². The summed E-state index contributed by atoms with van der Waals surface area (Å²) in [6.45, 7) is 0. The lowest BCUT2D eigenvalue weighted by atomic mass is 10.1. The summed E-state index contributed by atoms with van der Waals surface area (Å²) >= 11 is 3.46. The molecule has 2 heterocycles. The summed E-state index contributed by atoms with van der Waals surface area (Å²) in [6.07, 6.45) is 8.29. The molecule has 0 saturated heterocycles. The summed E-state index contributed by atoms with van der Waals surface area (Å²) in [7, 11) is 0. The first-order valence-corrected chi connectivity index (χ1v) is 6.11. The van der Waals surface area contributed by atoms with Crippen LogP contribution in [0.15, 0.2) is 47.3 Å². The molecule has 0 aliphatic carbocycles. The van der Waals surface area contributed by atoms with Gasteiger partial charge in [-0.15, -0.1) is 0 Å². The third-order valence-electron chi connectivity index (χ3n) is 2.85. The highest BCUT2D eigenvalue weighted by Crippen LogP contribution is 2.25. The van der Waals surface area contributed by atoms with Gasteiger partial charge in [0.25, 0.3) is 0 Å². The standard InChI is InChI=1S/C13H11BrN2/c14-11-6-4-10(5-7-11)13-3-1-2-12-8-15-9-16(12)13/h3-9H,1-2H2. The summed E-state index contributed by atoms with van der Waals surface area (Å²) in [5.74, 6) is 0. The molecule has 0 bridgehead atoms. The molecule has 2 aromatic rings. The summed E-state index contributed by atoms with van der Waals surface area (Å²) in [6, 6.07) is 8.40. The van der Waals surface area contributed by atoms with Crippen LogP contribution in [0.25, 0.3) is 5.70 Å². The molecule has 0 N–H and O–H groups in total. The van der Waals surface area contributed by atoms with Gasteiger partial charge < -0.3 is 4.57 Å². The van der Waals surface area contributed by atoms with Crippen LogP contribution in [0.2, 0.25) is 0 Å². The zero-order valence-corrected chi connectivity index (χ0v) is 10.3. The number of hydrogen-bond donors (Lipinski definition) is 0. The minimum absolute atomic E-state index is 1.08. The van der Waals surface area contributed by atoms with Crippen LogP contribution in [-0.4, -0.2) is 9.55 Å². The molecule has 0 saturated carbocycles. The van der Waals surface area contributed by atoms with Gasteiger partial charge in [0.1, 0.15) is 0 Å². The number of imidazole rings is 1. The van der Waals surface area contributed by atoms with E-state index in [-0.39, 0.29) is 0 Å². The number of nitrogens with zero attached hydrogens (tertiary/aromatic N) is 2. The Hall–Kier alpha value is -1.35. The van der Waals surface area contributed by atoms with Gasteiger partial charge in [0, 0.05) is 16.4 Å². The van der Waals surface area contributed by atoms with Crippen LogP contribution in [0.5, 0.6) is 0 Å². The van der Waals surface area contributed by atoms with Crippen molar-refractivity contribution in [3.63, 3.8) is 0 Å². The van der Waals surface area contributed by atoms with Gasteiger partial charge in [-0.05, 0) is 30.5 Å². The Balaban J connectivity index is 2.08. The van der Waals surface area contributed by atoms with Gasteiger partial charge in [-0.1, -0.05) is 34.1 Å². The monoisotopic (exact) mass is 274 g/mol. The number of halogens is 1. The molecule has 80 valence electrons. The average Bonchev–Trinajstić information content (AvgIpc) is 2.78. The molecule has 3 heteroatoms. The Morgan fingerprint density at radius 3 is 2.81 bits per heavy atom. The first-order valence-electron chi connectivity index (χ1n) is 5.32. The van der Waals surface area contributed by atoms with Crippen LogP contribution >= 0.6 is 15.9 Å². The number of benzene rings is 1. The second-order valence-electron chi connectivity index (χ2n) is 3.89. The highest BCUT2D eigenvalue weighted by atomic mass is 79.9. The minimum atomic E-state index is 1.08. The molecule has 0 fully saturated rings. The first-order chi connectivity index (χ1) is 7.84. The summed E-state index contributed by atoms with van der Waals surface area (Å²) in [4.78, 5) is 4.21. The molecule has 0 spiro atoms. The van der Waals surface area contributed by atoms with Crippen molar-refractivity contribution >= 4 is 21.6 Å². The Labute approximate surface area is 103 Å². The second kappa shape index (κ2) is 3.91. The third kappa shape index (κ3) is 1.61. The molecule has 0 unspecified atom stereocenters. The molecule has 16 heavy (non-hydrogen) atoms. The van der Waals surface area contributed by atoms with Gasteiger partial charge >= 0.3 is 0 Å². The van der Waals surface area contributed by atoms with Gasteiger partial charge in [0.15, 0.2) is 0 Å². The van der Waals surface area contributed by atoms with E-state index in [9.17, 15) is 0 Å². The maximum atomic E-state index is 4.21. The number of aromatic nitrogens is 2. The molecule has 1 aliphatic heterocycles. The molecular weight excluding hydrogens is 264 g/mol. The Morgan fingerprint density at radius 1 is 1.19 bits per heavy atom. The first kappa shape index (κ1) is 9.85. The van der Waals surface area contributed by atoms with Crippen molar-refractivity contribution in [2.24, 2.45) is 0 Å². The van der Waals surface area contributed by atoms with E-state index in [1.54, 1.807) is 0 Å². The molecule has 0 atom stereocenters. The van der Waals surface area contributed by atoms with E-state index in [2.05, 4.69) is 55.8 Å². The molecule has 1 aliphatic rings. The Morgan fingerprint density at radius 2 is 2.00 bits per heavy atom. The predicted octanol–water partition coefficient (Wildman–Crippen LogP) is 3.48. The average molecular weight is 275 g/mol. The third-order valence-corrected chi connectivity index (χ3v) is 3.38. The maximum absolute atomic E-state index is 4.21. The van der Waals surface area contributed by atoms with E-state index in [4.69, 9.17) is 0 Å². The van der Waals surface area contributed by atoms with E-state index in [1.807, 2.05) is 12.5 Å². The van der Waals surface area contributed by atoms with E-state index < -0.39 is 0 Å². The number of rotatable bonds is 1. The minimum Gasteiger partial charge on any atom is -0.303 e. The van der Waals surface area contributed by atoms with Crippen LogP contribution in [-0.2, 0) is 6.42 Å². The van der Waals surface area contributed by atoms with Crippen LogP contribution in [0, 0.1) is 0 Å². The van der Waals surface area contributed by atoms with Gasteiger partial charge in [-0.2, -0.15) is 0 Å². The summed E-state index contributed by atoms with van der Waals surface area (Å²) in [5.41, 5.74) is 3.77. The van der Waals surface area contributed by atoms with Crippen molar-refractivity contribution in [2.75, 3.05) is 0 Å². The fourth-order valence-corrected chi connectivity index (χ4v) is 2.32. The summed E-state index contributed by atoms with van der Waals surface area (Å²) < 4.78 is 3.28. The largest absolute Gasteiger partial charge is 0.303 e. The Bertz CT molecular complexity index is 537. The molecule has 0 radical (unpaired) electrons. The zero-order valence-electron chi connectivity index (χ0n) is 8.73. The fourth-order valence-electron chi connectivity index (χ4n) is 2.06. The quantitative estimate of drug-likeness (QED) is 0.779. The van der Waals surface area contributed by atoms with Crippen LogP contribution < -0.4 is 0 Å². The highest BCUT2D eigenvalue weighted by Gasteiger charge is 2.12. The topological polar surface area (TPSA) is 17.8 Å². The number of allylic oxidation sites excluding steroid dienone is 1. The van der Waals surface area contributed by atoms with Crippen LogP contribution in [0.3, 0.4) is 0 Å². The smallest absolute Gasteiger partial charge is 0.0994 e. The van der Waals surface area contributed by atoms with Crippen LogP contribution in [0.1, 0.15) is 17.7 Å². The SMILES string of the molecule is Brc1ccc(C2=CCCc3cncn32)cc1. The van der Waals surface area contributed by atoms with Crippen molar-refractivity contribution in [1.82, 2.24) is 9.55 Å². The van der Waals surface area contributed by atoms with E-state index in [0.29, 0.717) is 0 Å². The van der Waals surface area contributed by atoms with Crippen molar-refractivity contribution < 1.29 is 0 Å². The molecule has 3 rings (SSSR count). The lowest BCUT2D eigenvalue weighted by Crippen LogP contribution is -2.06. The predicted molar refractivity (Wildman–Crippen MR) is 68.1 cm³/mol. The number of hydrogen-bond acceptors (Lipinski definition) is 1. The van der Waals surface area contributed by atoms with Gasteiger partial charge in [-0.3, -0.25) is 0 Å². The van der Waals surface area contributed by atoms with E-state index in [1.165, 1.54) is 17.0 Å².